The zero-order valence-electron chi connectivity index (χ0n) is 14.0. The fourth-order valence-electron chi connectivity index (χ4n) is 2.79. The Labute approximate surface area is 153 Å². The maximum absolute atomic E-state index is 15.0. The highest BCUT2D eigenvalue weighted by Gasteiger charge is 2.20. The van der Waals surface area contributed by atoms with Gasteiger partial charge in [0.25, 0.3) is 0 Å². The predicted molar refractivity (Wildman–Crippen MR) is 96.7 cm³/mol. The van der Waals surface area contributed by atoms with E-state index in [4.69, 9.17) is 21.1 Å². The Morgan fingerprint density at radius 1 is 1.23 bits per heavy atom. The summed E-state index contributed by atoms with van der Waals surface area (Å²) in [6, 6.07) is 7.06. The van der Waals surface area contributed by atoms with Crippen LogP contribution in [0.25, 0.3) is 33.2 Å². The fourth-order valence-corrected chi connectivity index (χ4v) is 2.97. The number of hydrogen-bond donors (Lipinski definition) is 0. The second-order valence-electron chi connectivity index (χ2n) is 5.76. The van der Waals surface area contributed by atoms with Crippen LogP contribution in [-0.2, 0) is 11.8 Å². The summed E-state index contributed by atoms with van der Waals surface area (Å²) in [5.41, 5.74) is 1.34. The lowest BCUT2D eigenvalue weighted by Crippen LogP contribution is -2.04. The first kappa shape index (κ1) is 16.7. The van der Waals surface area contributed by atoms with Crippen LogP contribution in [0.15, 0.2) is 36.7 Å². The molecule has 0 bridgehead atoms. The van der Waals surface area contributed by atoms with Gasteiger partial charge in [-0.2, -0.15) is 5.10 Å². The van der Waals surface area contributed by atoms with Crippen LogP contribution in [0.5, 0.6) is 5.75 Å². The molecule has 0 radical (unpaired) electrons. The molecule has 6 nitrogen and oxygen atoms in total. The van der Waals surface area contributed by atoms with Crippen LogP contribution in [0.1, 0.15) is 0 Å². The summed E-state index contributed by atoms with van der Waals surface area (Å²) < 4.78 is 26.9. The Morgan fingerprint density at radius 3 is 2.88 bits per heavy atom. The number of aryl methyl sites for hydroxylation is 1. The lowest BCUT2D eigenvalue weighted by molar-refractivity contribution is 0.0489. The standard InChI is InChI=1S/C18H14ClFN4O2/c1-24-8-11-6-13(17(26-9-25-2)15(20)16(11)23-24)18-21-7-10-5-12(19)3-4-14(10)22-18/h3-8H,9H2,1-2H3. The molecule has 0 atom stereocenters. The molecule has 0 saturated carbocycles. The molecule has 0 aliphatic heterocycles. The lowest BCUT2D eigenvalue weighted by atomic mass is 10.1. The van der Waals surface area contributed by atoms with E-state index in [0.29, 0.717) is 27.3 Å². The number of methoxy groups -OCH3 is 1. The molecule has 8 heteroatoms. The minimum Gasteiger partial charge on any atom is -0.464 e. The van der Waals surface area contributed by atoms with E-state index >= 15 is 0 Å². The molecule has 4 rings (SSSR count). The number of aromatic nitrogens is 4. The van der Waals surface area contributed by atoms with Crippen molar-refractivity contribution in [2.24, 2.45) is 7.05 Å². The van der Waals surface area contributed by atoms with Gasteiger partial charge in [0.15, 0.2) is 24.2 Å². The summed E-state index contributed by atoms with van der Waals surface area (Å²) in [6.07, 6.45) is 3.37. The molecule has 0 N–H and O–H groups in total. The normalized spacial score (nSPS) is 11.4. The molecule has 0 amide bonds. The fraction of sp³-hybridized carbons (Fsp3) is 0.167. The van der Waals surface area contributed by atoms with Crippen LogP contribution in [0, 0.1) is 5.82 Å². The summed E-state index contributed by atoms with van der Waals surface area (Å²) in [4.78, 5) is 8.88. The van der Waals surface area contributed by atoms with E-state index in [-0.39, 0.29) is 18.1 Å². The van der Waals surface area contributed by atoms with Gasteiger partial charge in [-0.25, -0.2) is 14.4 Å². The highest BCUT2D eigenvalue weighted by molar-refractivity contribution is 6.31. The highest BCUT2D eigenvalue weighted by Crippen LogP contribution is 2.36. The molecule has 0 aliphatic carbocycles. The average Bonchev–Trinajstić information content (AvgIpc) is 3.01. The van der Waals surface area contributed by atoms with Gasteiger partial charge in [-0.3, -0.25) is 4.68 Å². The van der Waals surface area contributed by atoms with Crippen molar-refractivity contribution in [3.8, 4) is 17.1 Å². The number of nitrogens with zero attached hydrogens (tertiary/aromatic N) is 4. The first-order chi connectivity index (χ1) is 12.6. The second-order valence-corrected chi connectivity index (χ2v) is 6.19. The third kappa shape index (κ3) is 2.85. The van der Waals surface area contributed by atoms with E-state index in [1.165, 1.54) is 7.11 Å². The van der Waals surface area contributed by atoms with Gasteiger partial charge in [-0.05, 0) is 24.3 Å². The largest absolute Gasteiger partial charge is 0.464 e. The summed E-state index contributed by atoms with van der Waals surface area (Å²) in [6.45, 7) is -0.106. The number of hydrogen-bond acceptors (Lipinski definition) is 5. The van der Waals surface area contributed by atoms with E-state index in [1.807, 2.05) is 0 Å². The van der Waals surface area contributed by atoms with Crippen LogP contribution in [0.4, 0.5) is 4.39 Å². The molecule has 0 spiro atoms. The number of rotatable bonds is 4. The topological polar surface area (TPSA) is 62.1 Å². The quantitative estimate of drug-likeness (QED) is 0.507. The Hall–Kier alpha value is -2.77. The van der Waals surface area contributed by atoms with Crippen molar-refractivity contribution in [1.29, 1.82) is 0 Å². The maximum Gasteiger partial charge on any atom is 0.193 e. The third-order valence-electron chi connectivity index (χ3n) is 3.91. The molecule has 26 heavy (non-hydrogen) atoms. The molecular weight excluding hydrogens is 359 g/mol. The summed E-state index contributed by atoms with van der Waals surface area (Å²) in [5, 5.41) is 6.16. The van der Waals surface area contributed by atoms with Gasteiger partial charge in [0.05, 0.1) is 11.1 Å². The number of benzene rings is 2. The van der Waals surface area contributed by atoms with E-state index < -0.39 is 5.82 Å². The SMILES string of the molecule is COCOc1c(-c2ncc3cc(Cl)ccc3n2)cc2cn(C)nc2c1F. The van der Waals surface area contributed by atoms with Gasteiger partial charge in [0, 0.05) is 42.3 Å². The van der Waals surface area contributed by atoms with E-state index in [0.717, 1.165) is 5.39 Å². The number of halogens is 2. The molecule has 0 fully saturated rings. The van der Waals surface area contributed by atoms with Gasteiger partial charge in [0.1, 0.15) is 5.52 Å². The monoisotopic (exact) mass is 372 g/mol. The zero-order valence-corrected chi connectivity index (χ0v) is 14.8. The van der Waals surface area contributed by atoms with Crippen molar-refractivity contribution in [3.05, 3.63) is 47.5 Å². The molecule has 2 heterocycles. The van der Waals surface area contributed by atoms with Crippen molar-refractivity contribution < 1.29 is 13.9 Å². The minimum atomic E-state index is -0.574. The second kappa shape index (κ2) is 6.51. The maximum atomic E-state index is 15.0. The molecule has 0 aliphatic rings. The van der Waals surface area contributed by atoms with Gasteiger partial charge >= 0.3 is 0 Å². The minimum absolute atomic E-state index is 0.00589. The van der Waals surface area contributed by atoms with Crippen molar-refractivity contribution in [1.82, 2.24) is 19.7 Å². The molecule has 132 valence electrons. The van der Waals surface area contributed by atoms with Crippen LogP contribution in [0.2, 0.25) is 5.02 Å². The molecule has 4 aromatic rings. The zero-order chi connectivity index (χ0) is 18.3. The molecule has 2 aromatic heterocycles. The van der Waals surface area contributed by atoms with Crippen LogP contribution in [-0.4, -0.2) is 33.7 Å². The van der Waals surface area contributed by atoms with Crippen LogP contribution < -0.4 is 4.74 Å². The van der Waals surface area contributed by atoms with Gasteiger partial charge in [-0.15, -0.1) is 0 Å². The Bertz CT molecular complexity index is 1130. The number of fused-ring (bicyclic) bond motifs is 2. The van der Waals surface area contributed by atoms with Gasteiger partial charge in [-0.1, -0.05) is 11.6 Å². The van der Waals surface area contributed by atoms with Crippen molar-refractivity contribution in [3.63, 3.8) is 0 Å². The molecule has 2 aromatic carbocycles. The third-order valence-corrected chi connectivity index (χ3v) is 4.15. The average molecular weight is 373 g/mol. The first-order valence-corrected chi connectivity index (χ1v) is 8.15. The Kier molecular flexibility index (Phi) is 4.18. The van der Waals surface area contributed by atoms with E-state index in [2.05, 4.69) is 15.1 Å². The van der Waals surface area contributed by atoms with Gasteiger partial charge < -0.3 is 9.47 Å². The van der Waals surface area contributed by atoms with E-state index in [1.54, 1.807) is 48.4 Å². The van der Waals surface area contributed by atoms with Crippen LogP contribution in [0.3, 0.4) is 0 Å². The lowest BCUT2D eigenvalue weighted by Gasteiger charge is -2.12. The Balaban J connectivity index is 1.95. The van der Waals surface area contributed by atoms with E-state index in [9.17, 15) is 4.39 Å². The van der Waals surface area contributed by atoms with Crippen LogP contribution >= 0.6 is 11.6 Å². The van der Waals surface area contributed by atoms with Crippen molar-refractivity contribution >= 4 is 33.4 Å². The Morgan fingerprint density at radius 2 is 2.08 bits per heavy atom. The summed E-state index contributed by atoms with van der Waals surface area (Å²) >= 11 is 6.00. The van der Waals surface area contributed by atoms with Gasteiger partial charge in [0.2, 0.25) is 0 Å². The summed E-state index contributed by atoms with van der Waals surface area (Å²) in [5.74, 6) is -0.225. The predicted octanol–water partition coefficient (Wildman–Crippen LogP) is 3.96. The van der Waals surface area contributed by atoms with Crippen molar-refractivity contribution in [2.45, 2.75) is 0 Å². The molecular formula is C18H14ClFN4O2. The smallest absolute Gasteiger partial charge is 0.193 e. The number of ether oxygens (including phenoxy) is 2. The highest BCUT2D eigenvalue weighted by atomic mass is 35.5. The van der Waals surface area contributed by atoms with Crippen molar-refractivity contribution in [2.75, 3.05) is 13.9 Å². The molecule has 0 unspecified atom stereocenters. The molecule has 0 saturated heterocycles. The summed E-state index contributed by atoms with van der Waals surface area (Å²) in [7, 11) is 3.19. The first-order valence-electron chi connectivity index (χ1n) is 7.77.